The number of nitrogens with two attached hydrogens (primary N) is 1. The summed E-state index contributed by atoms with van der Waals surface area (Å²) in [5.74, 6) is 2.50. The summed E-state index contributed by atoms with van der Waals surface area (Å²) in [6.45, 7) is 5.77. The van der Waals surface area contributed by atoms with Gasteiger partial charge in [0.25, 0.3) is 0 Å². The summed E-state index contributed by atoms with van der Waals surface area (Å²) < 4.78 is 0. The minimum atomic E-state index is 0.446. The first kappa shape index (κ1) is 9.36. The quantitative estimate of drug-likeness (QED) is 0.638. The summed E-state index contributed by atoms with van der Waals surface area (Å²) >= 11 is 2.01. The van der Waals surface area contributed by atoms with Gasteiger partial charge in [-0.05, 0) is 18.7 Å². The molecule has 1 saturated heterocycles. The van der Waals surface area contributed by atoms with Gasteiger partial charge in [-0.3, -0.25) is 0 Å². The van der Waals surface area contributed by atoms with Crippen molar-refractivity contribution in [3.63, 3.8) is 0 Å². The third-order valence-corrected chi connectivity index (χ3v) is 2.94. The second kappa shape index (κ2) is 5.01. The van der Waals surface area contributed by atoms with E-state index in [1.165, 1.54) is 31.0 Å². The highest BCUT2D eigenvalue weighted by atomic mass is 32.2. The number of rotatable bonds is 4. The van der Waals surface area contributed by atoms with Crippen molar-refractivity contribution >= 4 is 11.8 Å². The lowest BCUT2D eigenvalue weighted by Crippen LogP contribution is -2.28. The molecule has 0 bridgehead atoms. The second-order valence-corrected chi connectivity index (χ2v) is 4.44. The van der Waals surface area contributed by atoms with Gasteiger partial charge in [-0.25, -0.2) is 0 Å². The van der Waals surface area contributed by atoms with E-state index >= 15 is 0 Å². The molecular formula is C8H18N2S. The van der Waals surface area contributed by atoms with Crippen LogP contribution in [0, 0.1) is 0 Å². The van der Waals surface area contributed by atoms with E-state index in [9.17, 15) is 0 Å². The molecule has 66 valence electrons. The number of likely N-dealkylation sites (tertiary alicyclic amines) is 1. The Kier molecular flexibility index (Phi) is 4.26. The molecular weight excluding hydrogens is 156 g/mol. The Morgan fingerprint density at radius 3 is 3.00 bits per heavy atom. The molecule has 1 aliphatic heterocycles. The van der Waals surface area contributed by atoms with Gasteiger partial charge in [0.1, 0.15) is 0 Å². The van der Waals surface area contributed by atoms with Gasteiger partial charge in [0.15, 0.2) is 0 Å². The minimum Gasteiger partial charge on any atom is -0.326 e. The summed E-state index contributed by atoms with van der Waals surface area (Å²) in [6.07, 6.45) is 1.19. The molecule has 0 aromatic carbocycles. The molecule has 0 aromatic heterocycles. The van der Waals surface area contributed by atoms with E-state index in [1.54, 1.807) is 0 Å². The van der Waals surface area contributed by atoms with Crippen molar-refractivity contribution in [2.24, 2.45) is 5.73 Å². The SMILES string of the molecule is CCSCCN1CCC(N)C1. The third kappa shape index (κ3) is 3.45. The molecule has 0 saturated carbocycles. The van der Waals surface area contributed by atoms with Crippen molar-refractivity contribution in [2.45, 2.75) is 19.4 Å². The van der Waals surface area contributed by atoms with Crippen molar-refractivity contribution in [2.75, 3.05) is 31.1 Å². The van der Waals surface area contributed by atoms with Gasteiger partial charge in [-0.1, -0.05) is 6.92 Å². The first-order chi connectivity index (χ1) is 5.33. The van der Waals surface area contributed by atoms with Crippen LogP contribution in [0.2, 0.25) is 0 Å². The molecule has 1 aliphatic rings. The van der Waals surface area contributed by atoms with E-state index in [1.807, 2.05) is 11.8 Å². The minimum absolute atomic E-state index is 0.446. The zero-order valence-corrected chi connectivity index (χ0v) is 8.07. The maximum atomic E-state index is 5.78. The van der Waals surface area contributed by atoms with Gasteiger partial charge < -0.3 is 10.6 Å². The molecule has 11 heavy (non-hydrogen) atoms. The van der Waals surface area contributed by atoms with E-state index in [0.29, 0.717) is 6.04 Å². The van der Waals surface area contributed by atoms with Gasteiger partial charge in [-0.2, -0.15) is 11.8 Å². The summed E-state index contributed by atoms with van der Waals surface area (Å²) in [5, 5.41) is 0. The molecule has 1 atom stereocenters. The van der Waals surface area contributed by atoms with Crippen LogP contribution in [0.3, 0.4) is 0 Å². The number of hydrogen-bond acceptors (Lipinski definition) is 3. The molecule has 0 amide bonds. The predicted octanol–water partition coefficient (Wildman–Crippen LogP) is 0.773. The largest absolute Gasteiger partial charge is 0.326 e. The van der Waals surface area contributed by atoms with E-state index in [0.717, 1.165) is 6.54 Å². The lowest BCUT2D eigenvalue weighted by Gasteiger charge is -2.13. The molecule has 3 heteroatoms. The van der Waals surface area contributed by atoms with Gasteiger partial charge in [0.2, 0.25) is 0 Å². The highest BCUT2D eigenvalue weighted by Gasteiger charge is 2.17. The summed E-state index contributed by atoms with van der Waals surface area (Å²) in [4.78, 5) is 2.47. The Morgan fingerprint density at radius 2 is 2.45 bits per heavy atom. The molecule has 0 aliphatic carbocycles. The van der Waals surface area contributed by atoms with Crippen molar-refractivity contribution in [1.29, 1.82) is 0 Å². The van der Waals surface area contributed by atoms with Crippen LogP contribution < -0.4 is 5.73 Å². The third-order valence-electron chi connectivity index (χ3n) is 2.06. The highest BCUT2D eigenvalue weighted by molar-refractivity contribution is 7.99. The van der Waals surface area contributed by atoms with Gasteiger partial charge in [0, 0.05) is 24.9 Å². The Hall–Kier alpha value is 0.270. The number of hydrogen-bond donors (Lipinski definition) is 1. The zero-order chi connectivity index (χ0) is 8.10. The van der Waals surface area contributed by atoms with Crippen LogP contribution in [-0.2, 0) is 0 Å². The summed E-state index contributed by atoms with van der Waals surface area (Å²) in [7, 11) is 0. The molecule has 1 rings (SSSR count). The topological polar surface area (TPSA) is 29.3 Å². The van der Waals surface area contributed by atoms with Crippen LogP contribution in [0.25, 0.3) is 0 Å². The molecule has 2 N–H and O–H groups in total. The van der Waals surface area contributed by atoms with Gasteiger partial charge in [-0.15, -0.1) is 0 Å². The van der Waals surface area contributed by atoms with Gasteiger partial charge in [0.05, 0.1) is 0 Å². The predicted molar refractivity (Wildman–Crippen MR) is 52.0 cm³/mol. The summed E-state index contributed by atoms with van der Waals surface area (Å²) in [5.41, 5.74) is 5.78. The average molecular weight is 174 g/mol. The highest BCUT2D eigenvalue weighted by Crippen LogP contribution is 2.08. The van der Waals surface area contributed by atoms with E-state index in [2.05, 4.69) is 11.8 Å². The van der Waals surface area contributed by atoms with Crippen LogP contribution in [0.4, 0.5) is 0 Å². The smallest absolute Gasteiger partial charge is 0.0180 e. The first-order valence-corrected chi connectivity index (χ1v) is 5.54. The zero-order valence-electron chi connectivity index (χ0n) is 7.25. The average Bonchev–Trinajstić information content (AvgIpc) is 2.37. The van der Waals surface area contributed by atoms with Crippen LogP contribution >= 0.6 is 11.8 Å². The fraction of sp³-hybridized carbons (Fsp3) is 1.00. The number of nitrogens with zero attached hydrogens (tertiary/aromatic N) is 1. The van der Waals surface area contributed by atoms with Crippen molar-refractivity contribution in [1.82, 2.24) is 4.90 Å². The fourth-order valence-corrected chi connectivity index (χ4v) is 2.08. The molecule has 0 radical (unpaired) electrons. The Bertz CT molecular complexity index is 108. The van der Waals surface area contributed by atoms with Crippen molar-refractivity contribution in [3.8, 4) is 0 Å². The fourth-order valence-electron chi connectivity index (χ4n) is 1.40. The molecule has 0 aromatic rings. The maximum absolute atomic E-state index is 5.78. The van der Waals surface area contributed by atoms with Crippen molar-refractivity contribution in [3.05, 3.63) is 0 Å². The van der Waals surface area contributed by atoms with Crippen LogP contribution in [0.5, 0.6) is 0 Å². The molecule has 1 fully saturated rings. The standard InChI is InChI=1S/C8H18N2S/c1-2-11-6-5-10-4-3-8(9)7-10/h8H,2-7,9H2,1H3. The maximum Gasteiger partial charge on any atom is 0.0180 e. The van der Waals surface area contributed by atoms with E-state index in [4.69, 9.17) is 5.73 Å². The Morgan fingerprint density at radius 1 is 1.64 bits per heavy atom. The second-order valence-electron chi connectivity index (χ2n) is 3.05. The lowest BCUT2D eigenvalue weighted by molar-refractivity contribution is 0.357. The lowest BCUT2D eigenvalue weighted by atomic mass is 10.3. The Labute approximate surface area is 73.5 Å². The van der Waals surface area contributed by atoms with Crippen LogP contribution in [0.15, 0.2) is 0 Å². The molecule has 2 nitrogen and oxygen atoms in total. The number of thioether (sulfide) groups is 1. The summed E-state index contributed by atoms with van der Waals surface area (Å²) in [6, 6.07) is 0.446. The van der Waals surface area contributed by atoms with Crippen molar-refractivity contribution < 1.29 is 0 Å². The normalized spacial score (nSPS) is 26.2. The Balaban J connectivity index is 1.99. The van der Waals surface area contributed by atoms with Crippen LogP contribution in [-0.4, -0.2) is 42.1 Å². The van der Waals surface area contributed by atoms with Crippen LogP contribution in [0.1, 0.15) is 13.3 Å². The van der Waals surface area contributed by atoms with E-state index < -0.39 is 0 Å². The van der Waals surface area contributed by atoms with Gasteiger partial charge >= 0.3 is 0 Å². The molecule has 0 spiro atoms. The molecule has 1 unspecified atom stereocenters. The first-order valence-electron chi connectivity index (χ1n) is 4.38. The van der Waals surface area contributed by atoms with E-state index in [-0.39, 0.29) is 0 Å². The monoisotopic (exact) mass is 174 g/mol. The molecule has 1 heterocycles.